The largest absolute Gasteiger partial charge is 0.394 e. The van der Waals surface area contributed by atoms with Gasteiger partial charge in [0.1, 0.15) is 10.8 Å². The van der Waals surface area contributed by atoms with Gasteiger partial charge < -0.3 is 10.4 Å². The summed E-state index contributed by atoms with van der Waals surface area (Å²) >= 11 is 7.10. The van der Waals surface area contributed by atoms with Gasteiger partial charge in [0.25, 0.3) is 0 Å². The average Bonchev–Trinajstić information content (AvgIpc) is 3.03. The first-order valence-electron chi connectivity index (χ1n) is 7.34. The summed E-state index contributed by atoms with van der Waals surface area (Å²) in [4.78, 5) is 0. The Morgan fingerprint density at radius 3 is 2.67 bits per heavy atom. The molecule has 0 saturated carbocycles. The van der Waals surface area contributed by atoms with Crippen LogP contribution in [0.4, 0.5) is 9.52 Å². The Hall–Kier alpha value is -2.02. The highest BCUT2D eigenvalue weighted by molar-refractivity contribution is 7.15. The molecule has 24 heavy (non-hydrogen) atoms. The molecule has 124 valence electrons. The van der Waals surface area contributed by atoms with Gasteiger partial charge in [0, 0.05) is 6.42 Å². The number of hydrogen-bond acceptors (Lipinski definition) is 5. The van der Waals surface area contributed by atoms with Crippen LogP contribution in [0.25, 0.3) is 0 Å². The molecule has 1 unspecified atom stereocenters. The number of benzene rings is 2. The zero-order valence-electron chi connectivity index (χ0n) is 12.6. The second-order valence-electron chi connectivity index (χ2n) is 5.22. The molecule has 1 heterocycles. The van der Waals surface area contributed by atoms with Crippen LogP contribution in [-0.4, -0.2) is 21.9 Å². The molecule has 4 nitrogen and oxygen atoms in total. The van der Waals surface area contributed by atoms with Gasteiger partial charge in [0.2, 0.25) is 5.13 Å². The van der Waals surface area contributed by atoms with E-state index in [-0.39, 0.29) is 11.6 Å². The standard InChI is InChI=1S/C17H15ClFN3OS/c18-13-7-6-12(9-14(13)19)15(10-23)20-17-22-21-16(24-17)8-11-4-2-1-3-5-11/h1-7,9,15,23H,8,10H2,(H,20,22). The predicted octanol–water partition coefficient (Wildman–Crippen LogP) is 4.07. The summed E-state index contributed by atoms with van der Waals surface area (Å²) in [7, 11) is 0. The molecule has 0 amide bonds. The van der Waals surface area contributed by atoms with E-state index in [0.29, 0.717) is 17.1 Å². The monoisotopic (exact) mass is 363 g/mol. The van der Waals surface area contributed by atoms with Gasteiger partial charge in [0.15, 0.2) is 0 Å². The highest BCUT2D eigenvalue weighted by Gasteiger charge is 2.15. The van der Waals surface area contributed by atoms with E-state index in [1.54, 1.807) is 6.07 Å². The second kappa shape index (κ2) is 7.70. The van der Waals surface area contributed by atoms with Gasteiger partial charge in [-0.05, 0) is 23.3 Å². The molecule has 7 heteroatoms. The van der Waals surface area contributed by atoms with Gasteiger partial charge in [-0.1, -0.05) is 59.3 Å². The summed E-state index contributed by atoms with van der Waals surface area (Å²) in [6.45, 7) is -0.200. The minimum atomic E-state index is -0.517. The molecule has 0 radical (unpaired) electrons. The predicted molar refractivity (Wildman–Crippen MR) is 94.0 cm³/mol. The first kappa shape index (κ1) is 16.8. The third-order valence-corrected chi connectivity index (χ3v) is 4.65. The number of aliphatic hydroxyl groups excluding tert-OH is 1. The summed E-state index contributed by atoms with van der Waals surface area (Å²) in [5.41, 5.74) is 1.75. The van der Waals surface area contributed by atoms with Crippen molar-refractivity contribution in [1.29, 1.82) is 0 Å². The number of rotatable bonds is 6. The average molecular weight is 364 g/mol. The third-order valence-electron chi connectivity index (χ3n) is 3.49. The van der Waals surface area contributed by atoms with Crippen molar-refractivity contribution in [2.75, 3.05) is 11.9 Å². The maximum Gasteiger partial charge on any atom is 0.206 e. The molecule has 0 aliphatic carbocycles. The number of halogens is 2. The molecule has 3 aromatic rings. The number of nitrogens with zero attached hydrogens (tertiary/aromatic N) is 2. The normalized spacial score (nSPS) is 12.1. The van der Waals surface area contributed by atoms with Gasteiger partial charge in [-0.3, -0.25) is 0 Å². The molecule has 0 fully saturated rings. The fraction of sp³-hybridized carbons (Fsp3) is 0.176. The molecular formula is C17H15ClFN3OS. The van der Waals surface area contributed by atoms with E-state index in [1.165, 1.54) is 23.5 Å². The lowest BCUT2D eigenvalue weighted by Crippen LogP contribution is -2.15. The highest BCUT2D eigenvalue weighted by atomic mass is 35.5. The topological polar surface area (TPSA) is 58.0 Å². The Morgan fingerprint density at radius 2 is 1.96 bits per heavy atom. The van der Waals surface area contributed by atoms with Crippen LogP contribution in [-0.2, 0) is 6.42 Å². The van der Waals surface area contributed by atoms with Crippen LogP contribution < -0.4 is 5.32 Å². The van der Waals surface area contributed by atoms with Crippen LogP contribution in [0.2, 0.25) is 5.02 Å². The van der Waals surface area contributed by atoms with E-state index in [9.17, 15) is 9.50 Å². The SMILES string of the molecule is OCC(Nc1nnc(Cc2ccccc2)s1)c1ccc(Cl)c(F)c1. The molecule has 1 aromatic heterocycles. The number of hydrogen-bond donors (Lipinski definition) is 2. The molecule has 1 atom stereocenters. The van der Waals surface area contributed by atoms with Crippen LogP contribution in [0.3, 0.4) is 0 Å². The van der Waals surface area contributed by atoms with Crippen molar-refractivity contribution in [3.63, 3.8) is 0 Å². The minimum Gasteiger partial charge on any atom is -0.394 e. The molecule has 0 saturated heterocycles. The van der Waals surface area contributed by atoms with Crippen molar-refractivity contribution in [1.82, 2.24) is 10.2 Å². The van der Waals surface area contributed by atoms with Crippen molar-refractivity contribution in [3.05, 3.63) is 75.5 Å². The van der Waals surface area contributed by atoms with Crippen LogP contribution in [0.1, 0.15) is 22.2 Å². The number of aromatic nitrogens is 2. The maximum absolute atomic E-state index is 13.6. The quantitative estimate of drug-likeness (QED) is 0.693. The number of aliphatic hydroxyl groups is 1. The Morgan fingerprint density at radius 1 is 1.17 bits per heavy atom. The van der Waals surface area contributed by atoms with Gasteiger partial charge in [-0.2, -0.15) is 0 Å². The van der Waals surface area contributed by atoms with Gasteiger partial charge in [-0.25, -0.2) is 4.39 Å². The van der Waals surface area contributed by atoms with Crippen molar-refractivity contribution in [3.8, 4) is 0 Å². The first-order chi connectivity index (χ1) is 11.7. The van der Waals surface area contributed by atoms with Gasteiger partial charge >= 0.3 is 0 Å². The minimum absolute atomic E-state index is 0.0523. The van der Waals surface area contributed by atoms with Crippen molar-refractivity contribution < 1.29 is 9.50 Å². The van der Waals surface area contributed by atoms with E-state index >= 15 is 0 Å². The molecule has 3 rings (SSSR count). The van der Waals surface area contributed by atoms with E-state index in [4.69, 9.17) is 11.6 Å². The lowest BCUT2D eigenvalue weighted by Gasteiger charge is -2.15. The summed E-state index contributed by atoms with van der Waals surface area (Å²) in [6, 6.07) is 14.0. The van der Waals surface area contributed by atoms with Crippen LogP contribution in [0, 0.1) is 5.82 Å². The molecular weight excluding hydrogens is 349 g/mol. The van der Waals surface area contributed by atoms with Crippen molar-refractivity contribution in [2.24, 2.45) is 0 Å². The molecule has 0 spiro atoms. The van der Waals surface area contributed by atoms with Crippen LogP contribution in [0.15, 0.2) is 48.5 Å². The smallest absolute Gasteiger partial charge is 0.206 e. The van der Waals surface area contributed by atoms with E-state index in [1.807, 2.05) is 30.3 Å². The Kier molecular flexibility index (Phi) is 5.40. The van der Waals surface area contributed by atoms with E-state index < -0.39 is 11.9 Å². The second-order valence-corrected chi connectivity index (χ2v) is 6.69. The lowest BCUT2D eigenvalue weighted by atomic mass is 10.1. The Labute approximate surface area is 148 Å². The fourth-order valence-corrected chi connectivity index (χ4v) is 3.21. The van der Waals surface area contributed by atoms with Gasteiger partial charge in [0.05, 0.1) is 17.7 Å². The molecule has 0 bridgehead atoms. The van der Waals surface area contributed by atoms with Crippen molar-refractivity contribution >= 4 is 28.1 Å². The Balaban J connectivity index is 1.71. The number of anilines is 1. The lowest BCUT2D eigenvalue weighted by molar-refractivity contribution is 0.276. The molecule has 2 aromatic carbocycles. The highest BCUT2D eigenvalue weighted by Crippen LogP contribution is 2.26. The van der Waals surface area contributed by atoms with Crippen LogP contribution >= 0.6 is 22.9 Å². The van der Waals surface area contributed by atoms with Gasteiger partial charge in [-0.15, -0.1) is 10.2 Å². The van der Waals surface area contributed by atoms with Crippen molar-refractivity contribution in [2.45, 2.75) is 12.5 Å². The molecule has 2 N–H and O–H groups in total. The third kappa shape index (κ3) is 4.08. The van der Waals surface area contributed by atoms with E-state index in [0.717, 1.165) is 10.6 Å². The molecule has 0 aliphatic rings. The Bertz CT molecular complexity index is 813. The van der Waals surface area contributed by atoms with E-state index in [2.05, 4.69) is 15.5 Å². The molecule has 0 aliphatic heterocycles. The zero-order chi connectivity index (χ0) is 16.9. The fourth-order valence-electron chi connectivity index (χ4n) is 2.27. The summed E-state index contributed by atoms with van der Waals surface area (Å²) < 4.78 is 13.6. The van der Waals surface area contributed by atoms with Crippen LogP contribution in [0.5, 0.6) is 0 Å². The summed E-state index contributed by atoms with van der Waals surface area (Å²) in [5, 5.41) is 22.4. The number of nitrogens with one attached hydrogen (secondary N) is 1. The summed E-state index contributed by atoms with van der Waals surface area (Å²) in [5.74, 6) is -0.517. The zero-order valence-corrected chi connectivity index (χ0v) is 14.2. The summed E-state index contributed by atoms with van der Waals surface area (Å²) in [6.07, 6.45) is 0.694. The first-order valence-corrected chi connectivity index (χ1v) is 8.54. The maximum atomic E-state index is 13.6.